The number of carbonyl (C=O) groups is 1. The summed E-state index contributed by atoms with van der Waals surface area (Å²) in [5, 5.41) is 5.55. The lowest BCUT2D eigenvalue weighted by atomic mass is 10.0. The lowest BCUT2D eigenvalue weighted by molar-refractivity contribution is -0.0368. The molecule has 11 nitrogen and oxygen atoms in total. The molecule has 0 amide bonds. The minimum Gasteiger partial charge on any atom is -0.462 e. The molecule has 1 N–H and O–H groups in total. The van der Waals surface area contributed by atoms with Gasteiger partial charge >= 0.3 is 5.97 Å². The number of hydrogen-bond donors (Lipinski definition) is 1. The Labute approximate surface area is 255 Å². The van der Waals surface area contributed by atoms with Crippen LogP contribution in [0.5, 0.6) is 0 Å². The molecule has 1 aromatic carbocycles. The number of hydrogen-bond acceptors (Lipinski definition) is 9. The smallest absolute Gasteiger partial charge is 0.339 e. The summed E-state index contributed by atoms with van der Waals surface area (Å²) in [4.78, 5) is 26.8. The van der Waals surface area contributed by atoms with Crippen LogP contribution in [0.2, 0.25) is 0 Å². The van der Waals surface area contributed by atoms with Gasteiger partial charge in [0.25, 0.3) is 10.0 Å². The number of aromatic nitrogens is 5. The normalized spacial score (nSPS) is 15.3. The van der Waals surface area contributed by atoms with E-state index in [0.717, 1.165) is 31.2 Å². The van der Waals surface area contributed by atoms with Crippen LogP contribution in [0.1, 0.15) is 55.3 Å². The number of ether oxygens (including phenoxy) is 2. The SMILES string of the molecule is CCOC(=O)c1cc(-c2ccc(NS(=O)(=O)c3cccnc3)cn2)nc2c1c(-c1ccc(CC)cc1)nn2C1CCCCO1. The Balaban J connectivity index is 1.47. The van der Waals surface area contributed by atoms with Crippen molar-refractivity contribution in [3.63, 3.8) is 0 Å². The Morgan fingerprint density at radius 3 is 2.57 bits per heavy atom. The fourth-order valence-corrected chi connectivity index (χ4v) is 6.19. The molecular weight excluding hydrogens is 580 g/mol. The average Bonchev–Trinajstić information content (AvgIpc) is 3.45. The van der Waals surface area contributed by atoms with Crippen molar-refractivity contribution < 1.29 is 22.7 Å². The summed E-state index contributed by atoms with van der Waals surface area (Å²) in [6.45, 7) is 4.66. The fourth-order valence-electron chi connectivity index (χ4n) is 5.18. The van der Waals surface area contributed by atoms with Crippen LogP contribution < -0.4 is 4.72 Å². The lowest BCUT2D eigenvalue weighted by Gasteiger charge is -2.23. The van der Waals surface area contributed by atoms with Crippen molar-refractivity contribution >= 4 is 32.7 Å². The zero-order chi connectivity index (χ0) is 30.7. The summed E-state index contributed by atoms with van der Waals surface area (Å²) in [5.41, 5.74) is 4.57. The van der Waals surface area contributed by atoms with Gasteiger partial charge in [0.05, 0.1) is 40.8 Å². The molecule has 1 atom stereocenters. The molecule has 1 aliphatic heterocycles. The second-order valence-corrected chi connectivity index (χ2v) is 12.0. The van der Waals surface area contributed by atoms with Gasteiger partial charge in [-0.1, -0.05) is 31.2 Å². The summed E-state index contributed by atoms with van der Waals surface area (Å²) in [7, 11) is -3.84. The Kier molecular flexibility index (Phi) is 8.36. The molecule has 0 spiro atoms. The first-order valence-corrected chi connectivity index (χ1v) is 16.1. The van der Waals surface area contributed by atoms with Crippen molar-refractivity contribution in [1.82, 2.24) is 24.7 Å². The fraction of sp³-hybridized carbons (Fsp3) is 0.281. The second kappa shape index (κ2) is 12.5. The molecule has 0 saturated carbocycles. The van der Waals surface area contributed by atoms with Crippen LogP contribution in [0.4, 0.5) is 5.69 Å². The van der Waals surface area contributed by atoms with Crippen LogP contribution in [0.25, 0.3) is 33.7 Å². The minimum atomic E-state index is -3.84. The molecule has 4 aromatic heterocycles. The molecule has 12 heteroatoms. The van der Waals surface area contributed by atoms with Gasteiger partial charge in [-0.2, -0.15) is 5.10 Å². The van der Waals surface area contributed by atoms with Gasteiger partial charge in [0, 0.05) is 24.6 Å². The van der Waals surface area contributed by atoms with Crippen LogP contribution >= 0.6 is 0 Å². The number of nitrogens with one attached hydrogen (secondary N) is 1. The van der Waals surface area contributed by atoms with Crippen molar-refractivity contribution in [2.24, 2.45) is 0 Å². The lowest BCUT2D eigenvalue weighted by Crippen LogP contribution is -2.19. The van der Waals surface area contributed by atoms with Crippen LogP contribution in [0, 0.1) is 0 Å². The largest absolute Gasteiger partial charge is 0.462 e. The van der Waals surface area contributed by atoms with Gasteiger partial charge in [-0.15, -0.1) is 0 Å². The molecule has 0 bridgehead atoms. The number of nitrogens with zero attached hydrogens (tertiary/aromatic N) is 5. The summed E-state index contributed by atoms with van der Waals surface area (Å²) in [6.07, 6.45) is 7.44. The van der Waals surface area contributed by atoms with E-state index in [0.29, 0.717) is 40.3 Å². The standard InChI is InChI=1S/C32H32N6O5S/c1-3-21-10-12-22(13-11-21)30-29-25(32(39)42-4-2)18-27(35-31(29)38(36-30)28-9-5-6-17-43-28)26-15-14-23(19-34-26)37-44(40,41)24-8-7-16-33-20-24/h7-8,10-16,18-20,28,37H,3-6,9,17H2,1-2H3. The zero-order valence-corrected chi connectivity index (χ0v) is 25.3. The molecular formula is C32H32N6O5S. The van der Waals surface area contributed by atoms with E-state index in [1.54, 1.807) is 35.9 Å². The van der Waals surface area contributed by atoms with E-state index in [9.17, 15) is 13.2 Å². The molecule has 1 unspecified atom stereocenters. The van der Waals surface area contributed by atoms with Crippen molar-refractivity contribution in [1.29, 1.82) is 0 Å². The number of rotatable bonds is 9. The van der Waals surface area contributed by atoms with E-state index in [1.807, 2.05) is 12.1 Å². The van der Waals surface area contributed by atoms with Gasteiger partial charge in [-0.3, -0.25) is 14.7 Å². The minimum absolute atomic E-state index is 0.0357. The molecule has 1 aliphatic rings. The molecule has 5 aromatic rings. The molecule has 1 fully saturated rings. The third-order valence-electron chi connectivity index (χ3n) is 7.44. The molecule has 44 heavy (non-hydrogen) atoms. The number of anilines is 1. The van der Waals surface area contributed by atoms with Crippen LogP contribution in [0.15, 0.2) is 78.1 Å². The third kappa shape index (κ3) is 5.90. The van der Waals surface area contributed by atoms with E-state index in [2.05, 4.69) is 33.7 Å². The van der Waals surface area contributed by atoms with E-state index in [4.69, 9.17) is 19.6 Å². The van der Waals surface area contributed by atoms with Gasteiger partial charge in [0.15, 0.2) is 11.9 Å². The Morgan fingerprint density at radius 1 is 1.07 bits per heavy atom. The van der Waals surface area contributed by atoms with E-state index in [1.165, 1.54) is 30.2 Å². The maximum absolute atomic E-state index is 13.4. The Bertz CT molecular complexity index is 1890. The van der Waals surface area contributed by atoms with Gasteiger partial charge in [0.1, 0.15) is 10.6 Å². The molecule has 6 rings (SSSR count). The van der Waals surface area contributed by atoms with Gasteiger partial charge in [-0.25, -0.2) is 22.9 Å². The average molecular weight is 613 g/mol. The highest BCUT2D eigenvalue weighted by Gasteiger charge is 2.28. The number of fused-ring (bicyclic) bond motifs is 1. The van der Waals surface area contributed by atoms with Crippen LogP contribution in [0.3, 0.4) is 0 Å². The van der Waals surface area contributed by atoms with Crippen LogP contribution in [-0.4, -0.2) is 52.3 Å². The predicted octanol–water partition coefficient (Wildman–Crippen LogP) is 5.79. The first-order chi connectivity index (χ1) is 21.4. The van der Waals surface area contributed by atoms with E-state index >= 15 is 0 Å². The highest BCUT2D eigenvalue weighted by atomic mass is 32.2. The van der Waals surface area contributed by atoms with E-state index < -0.39 is 16.0 Å². The zero-order valence-electron chi connectivity index (χ0n) is 24.4. The van der Waals surface area contributed by atoms with Crippen molar-refractivity contribution in [3.8, 4) is 22.6 Å². The summed E-state index contributed by atoms with van der Waals surface area (Å²) in [6, 6.07) is 16.0. The highest BCUT2D eigenvalue weighted by Crippen LogP contribution is 2.36. The first kappa shape index (κ1) is 29.4. The molecule has 0 radical (unpaired) electrons. The van der Waals surface area contributed by atoms with Crippen LogP contribution in [-0.2, 0) is 25.9 Å². The van der Waals surface area contributed by atoms with Crippen molar-refractivity contribution in [2.75, 3.05) is 17.9 Å². The van der Waals surface area contributed by atoms with E-state index in [-0.39, 0.29) is 23.4 Å². The summed E-state index contributed by atoms with van der Waals surface area (Å²) < 4.78 is 41.4. The van der Waals surface area contributed by atoms with Crippen molar-refractivity contribution in [2.45, 2.75) is 50.7 Å². The maximum atomic E-state index is 13.4. The van der Waals surface area contributed by atoms with Gasteiger partial charge in [-0.05, 0) is 68.5 Å². The number of aryl methyl sites for hydroxylation is 1. The summed E-state index contributed by atoms with van der Waals surface area (Å²) in [5.74, 6) is -0.502. The predicted molar refractivity (Wildman–Crippen MR) is 165 cm³/mol. The second-order valence-electron chi connectivity index (χ2n) is 10.4. The number of sulfonamides is 1. The van der Waals surface area contributed by atoms with Gasteiger partial charge < -0.3 is 9.47 Å². The highest BCUT2D eigenvalue weighted by molar-refractivity contribution is 7.92. The Hall–Kier alpha value is -4.68. The molecule has 0 aliphatic carbocycles. The molecule has 1 saturated heterocycles. The van der Waals surface area contributed by atoms with Gasteiger partial charge in [0.2, 0.25) is 0 Å². The number of carbonyl (C=O) groups excluding carboxylic acids is 1. The first-order valence-electron chi connectivity index (χ1n) is 14.6. The number of pyridine rings is 3. The van der Waals surface area contributed by atoms with Crippen molar-refractivity contribution in [3.05, 3.63) is 84.3 Å². The quantitative estimate of drug-likeness (QED) is 0.205. The molecule has 5 heterocycles. The maximum Gasteiger partial charge on any atom is 0.339 e. The topological polar surface area (TPSA) is 138 Å². The summed E-state index contributed by atoms with van der Waals surface area (Å²) >= 11 is 0. The Morgan fingerprint density at radius 2 is 1.91 bits per heavy atom. The third-order valence-corrected chi connectivity index (χ3v) is 8.81. The number of esters is 1. The monoisotopic (exact) mass is 612 g/mol. The molecule has 226 valence electrons. The number of benzene rings is 1.